The predicted octanol–water partition coefficient (Wildman–Crippen LogP) is 3.58. The fourth-order valence-corrected chi connectivity index (χ4v) is 4.77. The number of alkyl halides is 6. The average Bonchev–Trinajstić information content (AvgIpc) is 2.85. The summed E-state index contributed by atoms with van der Waals surface area (Å²) in [7, 11) is 0. The monoisotopic (exact) mass is 306 g/mol. The van der Waals surface area contributed by atoms with E-state index in [1.807, 2.05) is 0 Å². The molecule has 0 unspecified atom stereocenters. The van der Waals surface area contributed by atoms with Crippen molar-refractivity contribution in [3.05, 3.63) is 12.2 Å². The van der Waals surface area contributed by atoms with Crippen molar-refractivity contribution in [1.29, 1.82) is 10.5 Å². The third-order valence-corrected chi connectivity index (χ3v) is 5.33. The van der Waals surface area contributed by atoms with Crippen LogP contribution in [0, 0.1) is 57.2 Å². The number of hydrogen-bond donors (Lipinski definition) is 0. The van der Waals surface area contributed by atoms with Crippen LogP contribution in [0.25, 0.3) is 0 Å². The average molecular weight is 306 g/mol. The number of nitrogens with zero attached hydrogens (tertiary/aromatic N) is 2. The summed E-state index contributed by atoms with van der Waals surface area (Å²) in [4.78, 5) is 0. The maximum atomic E-state index is 13.4. The highest BCUT2D eigenvalue weighted by Crippen LogP contribution is 2.82. The van der Waals surface area contributed by atoms with E-state index >= 15 is 0 Å². The molecule has 0 spiro atoms. The molecule has 4 atom stereocenters. The van der Waals surface area contributed by atoms with Crippen molar-refractivity contribution in [2.45, 2.75) is 18.8 Å². The maximum Gasteiger partial charge on any atom is 0.406 e. The lowest BCUT2D eigenvalue weighted by atomic mass is 9.36. The second-order valence-electron chi connectivity index (χ2n) is 5.84. The standard InChI is InChI=1S/C13H8F6N2/c14-12(15,16)11(13(17,18)19)9-7-2-1-6(3-7)8(9)10(11,4-20)5-21/h1-2,6-9H,3H2/t6-,7+,8+,9-/m1/s1. The van der Waals surface area contributed by atoms with Crippen LogP contribution in [0.4, 0.5) is 26.3 Å². The summed E-state index contributed by atoms with van der Waals surface area (Å²) in [5, 5.41) is 18.2. The van der Waals surface area contributed by atoms with Gasteiger partial charge >= 0.3 is 12.4 Å². The van der Waals surface area contributed by atoms with E-state index in [9.17, 15) is 26.3 Å². The number of hydrogen-bond acceptors (Lipinski definition) is 2. The van der Waals surface area contributed by atoms with Gasteiger partial charge in [0.2, 0.25) is 0 Å². The van der Waals surface area contributed by atoms with Gasteiger partial charge in [-0.3, -0.25) is 0 Å². The van der Waals surface area contributed by atoms with Gasteiger partial charge in [-0.2, -0.15) is 36.9 Å². The van der Waals surface area contributed by atoms with E-state index < -0.39 is 46.9 Å². The highest BCUT2D eigenvalue weighted by molar-refractivity contribution is 5.43. The zero-order valence-corrected chi connectivity index (χ0v) is 10.3. The molecular formula is C13H8F6N2. The van der Waals surface area contributed by atoms with Crippen LogP contribution in [0.3, 0.4) is 0 Å². The quantitative estimate of drug-likeness (QED) is 0.507. The highest BCUT2D eigenvalue weighted by Gasteiger charge is 2.95. The van der Waals surface area contributed by atoms with Gasteiger partial charge in [0, 0.05) is 5.92 Å². The minimum atomic E-state index is -5.70. The molecular weight excluding hydrogens is 298 g/mol. The van der Waals surface area contributed by atoms with Gasteiger partial charge in [0.1, 0.15) is 0 Å². The summed E-state index contributed by atoms with van der Waals surface area (Å²) >= 11 is 0. The Morgan fingerprint density at radius 3 is 1.67 bits per heavy atom. The molecule has 112 valence electrons. The van der Waals surface area contributed by atoms with E-state index in [1.165, 1.54) is 12.2 Å². The minimum absolute atomic E-state index is 0.147. The first-order valence-electron chi connectivity index (χ1n) is 6.22. The molecule has 0 aromatic rings. The van der Waals surface area contributed by atoms with E-state index in [0.29, 0.717) is 0 Å². The summed E-state index contributed by atoms with van der Waals surface area (Å²) in [5.41, 5.74) is -7.36. The Balaban J connectivity index is 2.31. The van der Waals surface area contributed by atoms with Crippen LogP contribution in [-0.4, -0.2) is 12.4 Å². The van der Waals surface area contributed by atoms with Crippen molar-refractivity contribution in [3.63, 3.8) is 0 Å². The third kappa shape index (κ3) is 1.18. The maximum absolute atomic E-state index is 13.4. The van der Waals surface area contributed by atoms with Crippen LogP contribution in [0.15, 0.2) is 12.2 Å². The van der Waals surface area contributed by atoms with Crippen molar-refractivity contribution < 1.29 is 26.3 Å². The first-order valence-corrected chi connectivity index (χ1v) is 6.22. The Bertz CT molecular complexity index is 574. The normalized spacial score (nSPS) is 38.3. The molecule has 0 aromatic heterocycles. The zero-order chi connectivity index (χ0) is 15.8. The summed E-state index contributed by atoms with van der Waals surface area (Å²) in [6, 6.07) is 2.18. The fraction of sp³-hybridized carbons (Fsp3) is 0.692. The Labute approximate surface area is 115 Å². The van der Waals surface area contributed by atoms with E-state index in [1.54, 1.807) is 0 Å². The Morgan fingerprint density at radius 1 is 0.857 bits per heavy atom. The van der Waals surface area contributed by atoms with Crippen LogP contribution >= 0.6 is 0 Å². The molecule has 0 radical (unpaired) electrons. The lowest BCUT2D eigenvalue weighted by Gasteiger charge is -2.63. The van der Waals surface area contributed by atoms with Crippen molar-refractivity contribution in [1.82, 2.24) is 0 Å². The Hall–Kier alpha value is -1.70. The van der Waals surface area contributed by atoms with Crippen LogP contribution in [0.5, 0.6) is 0 Å². The van der Waals surface area contributed by atoms with Gasteiger partial charge in [0.15, 0.2) is 10.8 Å². The van der Waals surface area contributed by atoms with Crippen LogP contribution in [0.1, 0.15) is 6.42 Å². The number of halogens is 6. The minimum Gasteiger partial charge on any atom is -0.197 e. The molecule has 0 aliphatic heterocycles. The summed E-state index contributed by atoms with van der Waals surface area (Å²) < 4.78 is 80.6. The molecule has 2 nitrogen and oxygen atoms in total. The lowest BCUT2D eigenvalue weighted by Crippen LogP contribution is -2.77. The topological polar surface area (TPSA) is 47.6 Å². The largest absolute Gasteiger partial charge is 0.406 e. The smallest absolute Gasteiger partial charge is 0.197 e. The van der Waals surface area contributed by atoms with E-state index in [-0.39, 0.29) is 6.42 Å². The first kappa shape index (κ1) is 14.2. The SMILES string of the molecule is N#CC1(C#N)[C@@H]2[C@@H]([C@H]3C=C[C@@H]2C3)C1(C(F)(F)F)C(F)(F)F. The van der Waals surface area contributed by atoms with Gasteiger partial charge in [0.25, 0.3) is 0 Å². The highest BCUT2D eigenvalue weighted by atomic mass is 19.4. The van der Waals surface area contributed by atoms with Crippen molar-refractivity contribution in [2.75, 3.05) is 0 Å². The van der Waals surface area contributed by atoms with Crippen molar-refractivity contribution in [2.24, 2.45) is 34.5 Å². The van der Waals surface area contributed by atoms with Gasteiger partial charge in [-0.05, 0) is 24.2 Å². The second kappa shape index (κ2) is 3.55. The molecule has 0 N–H and O–H groups in total. The van der Waals surface area contributed by atoms with Gasteiger partial charge < -0.3 is 0 Å². The lowest BCUT2D eigenvalue weighted by molar-refractivity contribution is -0.433. The van der Waals surface area contributed by atoms with Crippen molar-refractivity contribution >= 4 is 0 Å². The summed E-state index contributed by atoms with van der Waals surface area (Å²) in [6.07, 6.45) is -8.36. The number of nitriles is 2. The Kier molecular flexibility index (Phi) is 2.41. The molecule has 0 aromatic carbocycles. The van der Waals surface area contributed by atoms with Gasteiger partial charge in [-0.15, -0.1) is 0 Å². The van der Waals surface area contributed by atoms with E-state index in [4.69, 9.17) is 10.5 Å². The summed E-state index contributed by atoms with van der Waals surface area (Å²) in [6.45, 7) is 0. The van der Waals surface area contributed by atoms with Crippen LogP contribution in [-0.2, 0) is 0 Å². The molecule has 2 bridgehead atoms. The van der Waals surface area contributed by atoms with Crippen molar-refractivity contribution in [3.8, 4) is 12.1 Å². The first-order chi connectivity index (χ1) is 9.58. The van der Waals surface area contributed by atoms with Gasteiger partial charge in [0.05, 0.1) is 12.1 Å². The second-order valence-corrected chi connectivity index (χ2v) is 5.84. The zero-order valence-electron chi connectivity index (χ0n) is 10.3. The van der Waals surface area contributed by atoms with Gasteiger partial charge in [-0.25, -0.2) is 0 Å². The molecule has 3 aliphatic carbocycles. The fourth-order valence-electron chi connectivity index (χ4n) is 4.77. The number of rotatable bonds is 0. The van der Waals surface area contributed by atoms with E-state index in [2.05, 4.69) is 0 Å². The van der Waals surface area contributed by atoms with E-state index in [0.717, 1.165) is 12.1 Å². The molecule has 0 heterocycles. The number of allylic oxidation sites excluding steroid dienone is 2. The van der Waals surface area contributed by atoms with Crippen LogP contribution < -0.4 is 0 Å². The molecule has 21 heavy (non-hydrogen) atoms. The third-order valence-electron chi connectivity index (χ3n) is 5.33. The molecule has 0 saturated heterocycles. The summed E-state index contributed by atoms with van der Waals surface area (Å²) in [5.74, 6) is -4.41. The predicted molar refractivity (Wildman–Crippen MR) is 55.9 cm³/mol. The number of fused-ring (bicyclic) bond motifs is 5. The van der Waals surface area contributed by atoms with Crippen LogP contribution in [0.2, 0.25) is 0 Å². The molecule has 3 rings (SSSR count). The molecule has 2 fully saturated rings. The molecule has 8 heteroatoms. The molecule has 0 amide bonds. The molecule has 2 saturated carbocycles. The molecule has 3 aliphatic rings. The van der Waals surface area contributed by atoms with Gasteiger partial charge in [-0.1, -0.05) is 12.2 Å². The Morgan fingerprint density at radius 2 is 1.29 bits per heavy atom.